The Kier molecular flexibility index (Phi) is 5.87. The van der Waals surface area contributed by atoms with E-state index >= 15 is 0 Å². The smallest absolute Gasteiger partial charge is 0.323 e. The highest BCUT2D eigenvalue weighted by Gasteiger charge is 2.19. The standard InChI is InChI=1S/C21H19F3N6O/c22-16-6-7-17(19(24)18(16)23)28-21(31)27-14-12-25-20(26-13-14)30-10-8-29(9-11-30)15-4-2-1-3-5-15/h1-7,12-13H,8-11H2,(H2,27,28,31). The van der Waals surface area contributed by atoms with Crippen molar-refractivity contribution in [3.8, 4) is 0 Å². The Morgan fingerprint density at radius 2 is 1.45 bits per heavy atom. The van der Waals surface area contributed by atoms with Crippen LogP contribution in [0.15, 0.2) is 54.9 Å². The molecule has 2 N–H and O–H groups in total. The zero-order valence-electron chi connectivity index (χ0n) is 16.4. The van der Waals surface area contributed by atoms with Crippen molar-refractivity contribution in [2.45, 2.75) is 0 Å². The fraction of sp³-hybridized carbons (Fsp3) is 0.190. The summed E-state index contributed by atoms with van der Waals surface area (Å²) in [4.78, 5) is 24.9. The number of urea groups is 1. The lowest BCUT2D eigenvalue weighted by Crippen LogP contribution is -2.47. The average molecular weight is 428 g/mol. The number of rotatable bonds is 4. The van der Waals surface area contributed by atoms with Crippen LogP contribution in [-0.4, -0.2) is 42.2 Å². The molecule has 2 heterocycles. The lowest BCUT2D eigenvalue weighted by atomic mass is 10.2. The first-order valence-electron chi connectivity index (χ1n) is 9.60. The molecule has 1 aliphatic rings. The van der Waals surface area contributed by atoms with E-state index < -0.39 is 29.2 Å². The van der Waals surface area contributed by atoms with Gasteiger partial charge in [0, 0.05) is 31.9 Å². The third-order valence-corrected chi connectivity index (χ3v) is 4.86. The molecular weight excluding hydrogens is 409 g/mol. The van der Waals surface area contributed by atoms with Crippen molar-refractivity contribution >= 4 is 29.0 Å². The van der Waals surface area contributed by atoms with Crippen molar-refractivity contribution in [1.29, 1.82) is 0 Å². The molecule has 31 heavy (non-hydrogen) atoms. The van der Waals surface area contributed by atoms with Crippen LogP contribution in [0.3, 0.4) is 0 Å². The summed E-state index contributed by atoms with van der Waals surface area (Å²) in [5, 5.41) is 4.55. The van der Waals surface area contributed by atoms with Crippen LogP contribution in [0.4, 0.5) is 41.0 Å². The number of halogens is 3. The van der Waals surface area contributed by atoms with Gasteiger partial charge in [-0.1, -0.05) is 18.2 Å². The molecule has 0 radical (unpaired) electrons. The van der Waals surface area contributed by atoms with Gasteiger partial charge < -0.3 is 20.4 Å². The number of nitrogens with zero attached hydrogens (tertiary/aromatic N) is 4. The molecule has 3 aromatic rings. The monoisotopic (exact) mass is 428 g/mol. The van der Waals surface area contributed by atoms with Gasteiger partial charge in [-0.2, -0.15) is 0 Å². The molecule has 160 valence electrons. The number of benzene rings is 2. The predicted molar refractivity (Wildman–Crippen MR) is 112 cm³/mol. The molecule has 0 unspecified atom stereocenters. The molecule has 10 heteroatoms. The number of hydrogen-bond acceptors (Lipinski definition) is 5. The first-order chi connectivity index (χ1) is 15.0. The van der Waals surface area contributed by atoms with E-state index in [0.29, 0.717) is 5.95 Å². The normalized spacial score (nSPS) is 13.8. The fourth-order valence-corrected chi connectivity index (χ4v) is 3.26. The van der Waals surface area contributed by atoms with Gasteiger partial charge in [-0.3, -0.25) is 0 Å². The SMILES string of the molecule is O=C(Nc1cnc(N2CCN(c3ccccc3)CC2)nc1)Nc1ccc(F)c(F)c1F. The quantitative estimate of drug-likeness (QED) is 0.618. The van der Waals surface area contributed by atoms with Crippen molar-refractivity contribution in [3.05, 3.63) is 72.3 Å². The first-order valence-corrected chi connectivity index (χ1v) is 9.60. The van der Waals surface area contributed by atoms with E-state index in [1.54, 1.807) is 0 Å². The van der Waals surface area contributed by atoms with Crippen LogP contribution in [0.25, 0.3) is 0 Å². The van der Waals surface area contributed by atoms with Crippen LogP contribution in [0.1, 0.15) is 0 Å². The highest BCUT2D eigenvalue weighted by molar-refractivity contribution is 5.99. The minimum absolute atomic E-state index is 0.271. The Hall–Kier alpha value is -3.82. The fourth-order valence-electron chi connectivity index (χ4n) is 3.26. The molecule has 1 aliphatic heterocycles. The molecule has 0 atom stereocenters. The van der Waals surface area contributed by atoms with Gasteiger partial charge in [-0.05, 0) is 24.3 Å². The number of nitrogens with one attached hydrogen (secondary N) is 2. The molecule has 4 rings (SSSR count). The summed E-state index contributed by atoms with van der Waals surface area (Å²) in [6, 6.07) is 11.0. The van der Waals surface area contributed by atoms with E-state index in [4.69, 9.17) is 0 Å². The van der Waals surface area contributed by atoms with Crippen molar-refractivity contribution in [2.24, 2.45) is 0 Å². The Bertz CT molecular complexity index is 1060. The Morgan fingerprint density at radius 1 is 0.806 bits per heavy atom. The third kappa shape index (κ3) is 4.68. The van der Waals surface area contributed by atoms with Gasteiger partial charge in [-0.15, -0.1) is 0 Å². The number of para-hydroxylation sites is 1. The molecule has 2 amide bonds. The minimum atomic E-state index is -1.65. The number of anilines is 4. The summed E-state index contributed by atoms with van der Waals surface area (Å²) in [7, 11) is 0. The topological polar surface area (TPSA) is 73.4 Å². The number of aromatic nitrogens is 2. The van der Waals surface area contributed by atoms with Crippen LogP contribution in [0.2, 0.25) is 0 Å². The molecule has 0 saturated carbocycles. The van der Waals surface area contributed by atoms with Gasteiger partial charge in [0.05, 0.1) is 23.8 Å². The molecule has 0 bridgehead atoms. The first kappa shape index (κ1) is 20.5. The highest BCUT2D eigenvalue weighted by atomic mass is 19.2. The molecule has 0 aliphatic carbocycles. The number of carbonyl (C=O) groups is 1. The summed E-state index contributed by atoms with van der Waals surface area (Å²) < 4.78 is 39.9. The van der Waals surface area contributed by atoms with Gasteiger partial charge >= 0.3 is 6.03 Å². The lowest BCUT2D eigenvalue weighted by molar-refractivity contribution is 0.262. The number of amides is 2. The van der Waals surface area contributed by atoms with Crippen LogP contribution in [-0.2, 0) is 0 Å². The molecule has 1 fully saturated rings. The summed E-state index contributed by atoms with van der Waals surface area (Å²) in [6.45, 7) is 3.15. The number of hydrogen-bond donors (Lipinski definition) is 2. The second-order valence-electron chi connectivity index (χ2n) is 6.88. The van der Waals surface area contributed by atoms with Crippen LogP contribution in [0, 0.1) is 17.5 Å². The van der Waals surface area contributed by atoms with Gasteiger partial charge in [-0.25, -0.2) is 27.9 Å². The zero-order valence-corrected chi connectivity index (χ0v) is 16.4. The Morgan fingerprint density at radius 3 is 2.13 bits per heavy atom. The van der Waals surface area contributed by atoms with E-state index in [0.717, 1.165) is 38.3 Å². The second kappa shape index (κ2) is 8.90. The lowest BCUT2D eigenvalue weighted by Gasteiger charge is -2.36. The summed E-state index contributed by atoms with van der Waals surface area (Å²) >= 11 is 0. The van der Waals surface area contributed by atoms with E-state index in [1.807, 2.05) is 23.1 Å². The molecule has 1 saturated heterocycles. The largest absolute Gasteiger partial charge is 0.368 e. The van der Waals surface area contributed by atoms with Gasteiger partial charge in [0.25, 0.3) is 0 Å². The van der Waals surface area contributed by atoms with Crippen molar-refractivity contribution in [2.75, 3.05) is 46.6 Å². The minimum Gasteiger partial charge on any atom is -0.368 e. The van der Waals surface area contributed by atoms with Crippen molar-refractivity contribution in [1.82, 2.24) is 9.97 Å². The second-order valence-corrected chi connectivity index (χ2v) is 6.88. The maximum Gasteiger partial charge on any atom is 0.323 e. The average Bonchev–Trinajstić information content (AvgIpc) is 2.81. The number of piperazine rings is 1. The molecular formula is C21H19F3N6O. The van der Waals surface area contributed by atoms with Crippen LogP contribution in [0.5, 0.6) is 0 Å². The summed E-state index contributed by atoms with van der Waals surface area (Å²) in [5.74, 6) is -3.93. The maximum atomic E-state index is 13.7. The van der Waals surface area contributed by atoms with Crippen LogP contribution < -0.4 is 20.4 Å². The van der Waals surface area contributed by atoms with Crippen molar-refractivity contribution in [3.63, 3.8) is 0 Å². The van der Waals surface area contributed by atoms with Crippen molar-refractivity contribution < 1.29 is 18.0 Å². The van der Waals surface area contributed by atoms with E-state index in [2.05, 4.69) is 37.6 Å². The van der Waals surface area contributed by atoms with Gasteiger partial charge in [0.15, 0.2) is 17.5 Å². The third-order valence-electron chi connectivity index (χ3n) is 4.86. The van der Waals surface area contributed by atoms with Crippen LogP contribution >= 0.6 is 0 Å². The molecule has 0 spiro atoms. The van der Waals surface area contributed by atoms with E-state index in [1.165, 1.54) is 18.1 Å². The van der Waals surface area contributed by atoms with E-state index in [-0.39, 0.29) is 5.69 Å². The van der Waals surface area contributed by atoms with Gasteiger partial charge in [0.2, 0.25) is 5.95 Å². The maximum absolute atomic E-state index is 13.7. The summed E-state index contributed by atoms with van der Waals surface area (Å²) in [6.07, 6.45) is 2.85. The summed E-state index contributed by atoms with van der Waals surface area (Å²) in [5.41, 5.74) is 0.962. The van der Waals surface area contributed by atoms with Gasteiger partial charge in [0.1, 0.15) is 0 Å². The molecule has 2 aromatic carbocycles. The van der Waals surface area contributed by atoms with E-state index in [9.17, 15) is 18.0 Å². The molecule has 1 aromatic heterocycles. The zero-order chi connectivity index (χ0) is 21.8. The number of carbonyl (C=O) groups excluding carboxylic acids is 1. The Balaban J connectivity index is 1.32. The highest BCUT2D eigenvalue weighted by Crippen LogP contribution is 2.21. The predicted octanol–water partition coefficient (Wildman–Crippen LogP) is 3.86. The molecule has 7 nitrogen and oxygen atoms in total. The Labute approximate surface area is 176 Å².